The Bertz CT molecular complexity index is 4640. The number of nitrogens with zero attached hydrogens (tertiary/aromatic N) is 4. The SMILES string of the molecule is COc1c(CN2O[C@@H](CO)[C@@H]([C@H](C)O)[C@H]2C(=O)N[C@H]2C[C@H]3C[C@@H]([C@@H]2C)C3(C)C)cccc1-c1cc(C(=O)N[C@H](Cc2ccccc2)C(=O)NCc2ccccc2)cc(N(C)C)c1.COc1c(CN2O[C@@H](CO)[C@H]([C@H](C)O)[C@H]2C(=O)N[C@H]2C[C@H]3C[C@@H]([C@@H]2C)C3(C)C)cccc1-c1cc(C(=O)NC[C@H]2CC[C@@H](c3ccccc3)C2)cc(N(C)C)c1. The number of hydrogen-bond donors (Lipinski definition) is 9. The van der Waals surface area contributed by atoms with Gasteiger partial charge in [0.1, 0.15) is 41.8 Å². The zero-order valence-electron chi connectivity index (χ0n) is 71.2. The fourth-order valence-corrected chi connectivity index (χ4v) is 20.8. The average Bonchev–Trinajstić information content (AvgIpc) is 0.861. The van der Waals surface area contributed by atoms with E-state index in [1.165, 1.54) is 18.4 Å². The van der Waals surface area contributed by atoms with Crippen LogP contribution in [-0.4, -0.2) is 177 Å². The van der Waals surface area contributed by atoms with E-state index in [1.807, 2.05) is 159 Å². The second-order valence-corrected chi connectivity index (χ2v) is 36.2. The molecule has 9 N–H and O–H groups in total. The minimum absolute atomic E-state index is 0.00877. The number of benzene rings is 7. The van der Waals surface area contributed by atoms with Crippen LogP contribution in [0.25, 0.3) is 22.3 Å². The lowest BCUT2D eigenvalue weighted by molar-refractivity contribution is -0.183. The van der Waals surface area contributed by atoms with Gasteiger partial charge in [0.15, 0.2) is 0 Å². The van der Waals surface area contributed by atoms with Crippen molar-refractivity contribution in [1.82, 2.24) is 36.7 Å². The summed E-state index contributed by atoms with van der Waals surface area (Å²) in [4.78, 5) is 86.9. The summed E-state index contributed by atoms with van der Waals surface area (Å²) in [6, 6.07) is 50.4. The molecule has 4 bridgehead atoms. The molecule has 16 rings (SSSR count). The van der Waals surface area contributed by atoms with Crippen LogP contribution in [0.4, 0.5) is 11.4 Å². The summed E-state index contributed by atoms with van der Waals surface area (Å²) in [5.74, 6) is 2.38. The van der Waals surface area contributed by atoms with Crippen molar-refractivity contribution >= 4 is 40.9 Å². The van der Waals surface area contributed by atoms with E-state index >= 15 is 0 Å². The number of carbonyl (C=O) groups is 5. The van der Waals surface area contributed by atoms with Gasteiger partial charge < -0.3 is 66.3 Å². The number of hydrogen-bond acceptors (Lipinski definition) is 17. The standard InChI is InChI=1S/C50H63N5O7.C46H62N4O6/c1-30-40-25-37(50(40,3)4)26-41(30)52-49(60)45-44(31(2)57)43(29-56)62-55(45)28-34-19-14-20-39(46(34)61-7)35-22-36(24-38(23-35)54(5)6)47(58)53-42(21-32-15-10-8-11-16-32)48(59)51-27-33-17-12-9-13-18-33;1-27-38-22-35(46(38,3)4)23-39(27)48-45(54)42-41(28(2)52)40(26-51)56-50(42)25-32-14-11-15-37(43(32)55-7)33-19-34(21-36(20-33)49(5)6)44(53)47-24-29-16-17-31(18-29)30-12-9-8-10-13-30/h8-20,22-24,30-31,37,40-45,56-57H,21,25-29H2,1-7H3,(H,51,59)(H,52,60)(H,53,58);8-15,19-21,27-29,31,35,38-42,51-52H,16-18,22-26H2,1-7H3,(H,47,53)(H,48,54)/t30-,31-,37+,40-,41-,42+,43-,44+,45-;27-,28-,29-,31+,35+,38-,39-,40-,41-,42-/m00/s1. The van der Waals surface area contributed by atoms with E-state index in [2.05, 4.69) is 98.5 Å². The van der Waals surface area contributed by atoms with E-state index in [0.29, 0.717) is 106 Å². The Morgan fingerprint density at radius 2 is 0.992 bits per heavy atom. The van der Waals surface area contributed by atoms with Crippen LogP contribution >= 0.6 is 0 Å². The quantitative estimate of drug-likeness (QED) is 0.0211. The number of aliphatic hydroxyl groups is 4. The molecule has 22 heteroatoms. The molecule has 0 aromatic heterocycles. The maximum Gasteiger partial charge on any atom is 0.252 e. The monoisotopic (exact) mass is 1610 g/mol. The van der Waals surface area contributed by atoms with E-state index in [9.17, 15) is 44.4 Å². The van der Waals surface area contributed by atoms with Crippen molar-refractivity contribution in [2.45, 2.75) is 187 Å². The van der Waals surface area contributed by atoms with Crippen molar-refractivity contribution < 1.29 is 63.5 Å². The number of fused-ring (bicyclic) bond motifs is 4. The van der Waals surface area contributed by atoms with Gasteiger partial charge in [-0.15, -0.1) is 0 Å². The van der Waals surface area contributed by atoms with Crippen molar-refractivity contribution in [2.75, 3.05) is 72.0 Å². The zero-order chi connectivity index (χ0) is 84.2. The van der Waals surface area contributed by atoms with Crippen molar-refractivity contribution in [3.8, 4) is 33.8 Å². The molecule has 0 radical (unpaired) electrons. The molecule has 22 nitrogen and oxygen atoms in total. The van der Waals surface area contributed by atoms with Crippen LogP contribution in [0.1, 0.15) is 155 Å². The molecular formula is C96H125N9O13. The first-order valence-corrected chi connectivity index (χ1v) is 42.5. The predicted molar refractivity (Wildman–Crippen MR) is 459 cm³/mol. The predicted octanol–water partition coefficient (Wildman–Crippen LogP) is 12.1. The number of aliphatic hydroxyl groups excluding tert-OH is 4. The molecule has 7 aromatic rings. The van der Waals surface area contributed by atoms with E-state index in [4.69, 9.17) is 19.1 Å². The summed E-state index contributed by atoms with van der Waals surface area (Å²) in [5.41, 5.74) is 10.9. The summed E-state index contributed by atoms with van der Waals surface area (Å²) < 4.78 is 12.2. The van der Waals surface area contributed by atoms with Crippen LogP contribution in [-0.2, 0) is 50.1 Å². The van der Waals surface area contributed by atoms with Crippen molar-refractivity contribution in [3.63, 3.8) is 0 Å². The average molecular weight is 1610 g/mol. The Kier molecular flexibility index (Phi) is 27.3. The van der Waals surface area contributed by atoms with Gasteiger partial charge in [-0.2, -0.15) is 10.1 Å². The number of nitrogens with one attached hydrogen (secondary N) is 5. The number of methoxy groups -OCH3 is 2. The highest BCUT2D eigenvalue weighted by molar-refractivity contribution is 6.00. The number of carbonyl (C=O) groups excluding carboxylic acids is 5. The lowest BCUT2D eigenvalue weighted by atomic mass is 9.45. The summed E-state index contributed by atoms with van der Waals surface area (Å²) in [6.45, 7) is 17.7. The molecule has 118 heavy (non-hydrogen) atoms. The molecule has 2 heterocycles. The van der Waals surface area contributed by atoms with Gasteiger partial charge in [0, 0.05) is 116 Å². The van der Waals surface area contributed by atoms with E-state index < -0.39 is 60.3 Å². The molecule has 7 aliphatic carbocycles. The van der Waals surface area contributed by atoms with E-state index in [-0.39, 0.29) is 72.8 Å². The molecule has 7 aromatic carbocycles. The molecule has 5 amide bonds. The van der Waals surface area contributed by atoms with Crippen LogP contribution in [0.5, 0.6) is 11.5 Å². The number of para-hydroxylation sites is 2. The van der Waals surface area contributed by atoms with Crippen molar-refractivity contribution in [3.05, 3.63) is 203 Å². The largest absolute Gasteiger partial charge is 0.496 e. The molecule has 2 aliphatic heterocycles. The fourth-order valence-electron chi connectivity index (χ4n) is 20.8. The second kappa shape index (κ2) is 37.2. The maximum atomic E-state index is 14.4. The fraction of sp³-hybridized carbons (Fsp3) is 0.510. The van der Waals surface area contributed by atoms with Gasteiger partial charge in [0.2, 0.25) is 17.7 Å². The molecule has 0 unspecified atom stereocenters. The molecule has 9 aliphatic rings. The topological polar surface area (TPSA) is 276 Å². The summed E-state index contributed by atoms with van der Waals surface area (Å²) >= 11 is 0. The Hall–Kier alpha value is -9.23. The van der Waals surface area contributed by atoms with Gasteiger partial charge >= 0.3 is 0 Å². The Morgan fingerprint density at radius 1 is 0.542 bits per heavy atom. The summed E-state index contributed by atoms with van der Waals surface area (Å²) in [7, 11) is 10.9. The Labute approximate surface area is 697 Å². The molecular weight excluding hydrogens is 1490 g/mol. The van der Waals surface area contributed by atoms with Crippen molar-refractivity contribution in [2.24, 2.45) is 64.1 Å². The second-order valence-electron chi connectivity index (χ2n) is 36.2. The van der Waals surface area contributed by atoms with Crippen molar-refractivity contribution in [1.29, 1.82) is 0 Å². The number of amides is 5. The normalized spacial score (nSPS) is 27.3. The Balaban J connectivity index is 0.000000206. The highest BCUT2D eigenvalue weighted by atomic mass is 16.7. The first kappa shape index (κ1) is 86.6. The van der Waals surface area contributed by atoms with Gasteiger partial charge in [0.05, 0.1) is 52.7 Å². The van der Waals surface area contributed by atoms with Crippen LogP contribution in [0.2, 0.25) is 0 Å². The lowest BCUT2D eigenvalue weighted by Gasteiger charge is -2.62. The highest BCUT2D eigenvalue weighted by Gasteiger charge is 2.59. The third-order valence-corrected chi connectivity index (χ3v) is 28.0. The highest BCUT2D eigenvalue weighted by Crippen LogP contribution is 2.62. The van der Waals surface area contributed by atoms with E-state index in [0.717, 1.165) is 71.3 Å². The summed E-state index contributed by atoms with van der Waals surface area (Å²) in [5, 5.41) is 62.0. The van der Waals surface area contributed by atoms with Gasteiger partial charge in [-0.25, -0.2) is 0 Å². The Morgan fingerprint density at radius 3 is 1.42 bits per heavy atom. The zero-order valence-corrected chi connectivity index (χ0v) is 71.2. The first-order chi connectivity index (χ1) is 56.5. The lowest BCUT2D eigenvalue weighted by Crippen LogP contribution is -2.62. The molecule has 0 spiro atoms. The number of rotatable bonds is 29. The van der Waals surface area contributed by atoms with Gasteiger partial charge in [0.25, 0.3) is 11.8 Å². The van der Waals surface area contributed by atoms with Gasteiger partial charge in [-0.05, 0) is 181 Å². The molecule has 2 saturated heterocycles. The molecule has 19 atom stereocenters. The van der Waals surface area contributed by atoms with Crippen LogP contribution < -0.4 is 45.9 Å². The molecule has 7 saturated carbocycles. The van der Waals surface area contributed by atoms with Crippen LogP contribution in [0, 0.1) is 64.1 Å². The maximum absolute atomic E-state index is 14.4. The minimum atomic E-state index is -0.933. The number of anilines is 2. The third kappa shape index (κ3) is 18.5. The van der Waals surface area contributed by atoms with Crippen LogP contribution in [0.3, 0.4) is 0 Å². The first-order valence-electron chi connectivity index (χ1n) is 42.5. The van der Waals surface area contributed by atoms with Crippen LogP contribution in [0.15, 0.2) is 164 Å². The van der Waals surface area contributed by atoms with Gasteiger partial charge in [-0.1, -0.05) is 169 Å². The minimum Gasteiger partial charge on any atom is -0.496 e. The third-order valence-electron chi connectivity index (χ3n) is 28.0. The number of ether oxygens (including phenoxy) is 2. The molecule has 9 fully saturated rings. The smallest absolute Gasteiger partial charge is 0.252 e. The van der Waals surface area contributed by atoms with Gasteiger partial charge in [-0.3, -0.25) is 33.6 Å². The summed E-state index contributed by atoms with van der Waals surface area (Å²) in [6.07, 6.45) is 4.45. The van der Waals surface area contributed by atoms with E-state index in [1.54, 1.807) is 50.3 Å². The molecule has 632 valence electrons. The number of hydroxylamine groups is 4.